The maximum atomic E-state index is 10.8. The Hall–Kier alpha value is -2.88. The van der Waals surface area contributed by atoms with Crippen LogP contribution >= 0.6 is 0 Å². The second kappa shape index (κ2) is 11.5. The van der Waals surface area contributed by atoms with Crippen molar-refractivity contribution in [2.45, 2.75) is 51.5 Å². The number of aliphatic hydroxyl groups is 1. The van der Waals surface area contributed by atoms with Gasteiger partial charge in [-0.2, -0.15) is 0 Å². The van der Waals surface area contributed by atoms with Crippen molar-refractivity contribution in [2.24, 2.45) is 0 Å². The zero-order chi connectivity index (χ0) is 23.9. The second-order valence-corrected chi connectivity index (χ2v) is 9.59. The van der Waals surface area contributed by atoms with Crippen LogP contribution in [0.4, 0.5) is 0 Å². The van der Waals surface area contributed by atoms with Crippen LogP contribution in [0.25, 0.3) is 11.1 Å². The molecule has 3 heteroatoms. The SMILES string of the molecule is CC(C)N1CCC(c2ccc(/C(=C(/CCCO)c3ccccc3)c3ccccc3O)cc2)CC1. The summed E-state index contributed by atoms with van der Waals surface area (Å²) >= 11 is 0. The third kappa shape index (κ3) is 5.60. The summed E-state index contributed by atoms with van der Waals surface area (Å²) < 4.78 is 0. The zero-order valence-corrected chi connectivity index (χ0v) is 20.5. The first-order chi connectivity index (χ1) is 16.6. The standard InChI is InChI=1S/C31H37NO2/c1-23(2)32-20-18-25(19-21-32)24-14-16-27(17-15-24)31(29-11-6-7-13-30(29)34)28(12-8-22-33)26-9-4-3-5-10-26/h3-7,9-11,13-17,23,25,33-34H,8,12,18-22H2,1-2H3/b31-28+. The molecule has 0 spiro atoms. The topological polar surface area (TPSA) is 43.7 Å². The van der Waals surface area contributed by atoms with Crippen molar-refractivity contribution in [3.8, 4) is 5.75 Å². The number of rotatable bonds is 8. The fourth-order valence-corrected chi connectivity index (χ4v) is 5.16. The van der Waals surface area contributed by atoms with Crippen molar-refractivity contribution in [3.05, 3.63) is 101 Å². The zero-order valence-electron chi connectivity index (χ0n) is 20.5. The summed E-state index contributed by atoms with van der Waals surface area (Å²) in [6.07, 6.45) is 3.81. The molecule has 1 fully saturated rings. The monoisotopic (exact) mass is 455 g/mol. The highest BCUT2D eigenvalue weighted by Crippen LogP contribution is 2.39. The molecule has 34 heavy (non-hydrogen) atoms. The van der Waals surface area contributed by atoms with Crippen LogP contribution in [-0.4, -0.2) is 40.9 Å². The third-order valence-corrected chi connectivity index (χ3v) is 7.11. The number of allylic oxidation sites excluding steroid dienone is 1. The number of hydrogen-bond donors (Lipinski definition) is 2. The lowest BCUT2D eigenvalue weighted by Crippen LogP contribution is -2.37. The number of aromatic hydroxyl groups is 1. The Balaban J connectivity index is 1.74. The lowest BCUT2D eigenvalue weighted by atomic mass is 9.84. The summed E-state index contributed by atoms with van der Waals surface area (Å²) in [6.45, 7) is 7.02. The molecule has 0 aliphatic carbocycles. The van der Waals surface area contributed by atoms with Crippen molar-refractivity contribution in [3.63, 3.8) is 0 Å². The fourth-order valence-electron chi connectivity index (χ4n) is 5.16. The molecule has 0 atom stereocenters. The van der Waals surface area contributed by atoms with E-state index in [1.54, 1.807) is 6.07 Å². The highest BCUT2D eigenvalue weighted by molar-refractivity contribution is 5.99. The second-order valence-electron chi connectivity index (χ2n) is 9.59. The number of phenolic OH excluding ortho intramolecular Hbond substituents is 1. The highest BCUT2D eigenvalue weighted by Gasteiger charge is 2.23. The number of hydrogen-bond acceptors (Lipinski definition) is 3. The van der Waals surface area contributed by atoms with Gasteiger partial charge in [0.25, 0.3) is 0 Å². The van der Waals surface area contributed by atoms with Crippen molar-refractivity contribution < 1.29 is 10.2 Å². The van der Waals surface area contributed by atoms with Crippen LogP contribution < -0.4 is 0 Å². The molecule has 1 aliphatic rings. The molecule has 3 aromatic carbocycles. The third-order valence-electron chi connectivity index (χ3n) is 7.11. The number of phenols is 1. The molecular formula is C31H37NO2. The van der Waals surface area contributed by atoms with Gasteiger partial charge >= 0.3 is 0 Å². The number of likely N-dealkylation sites (tertiary alicyclic amines) is 1. The van der Waals surface area contributed by atoms with Gasteiger partial charge < -0.3 is 15.1 Å². The van der Waals surface area contributed by atoms with Crippen LogP contribution in [0.5, 0.6) is 5.75 Å². The van der Waals surface area contributed by atoms with E-state index in [2.05, 4.69) is 55.1 Å². The Kier molecular flexibility index (Phi) is 8.21. The van der Waals surface area contributed by atoms with Gasteiger partial charge in [0.2, 0.25) is 0 Å². The summed E-state index contributed by atoms with van der Waals surface area (Å²) in [5.74, 6) is 0.879. The first-order valence-corrected chi connectivity index (χ1v) is 12.6. The van der Waals surface area contributed by atoms with Crippen LogP contribution in [0.2, 0.25) is 0 Å². The van der Waals surface area contributed by atoms with Crippen molar-refractivity contribution >= 4 is 11.1 Å². The highest BCUT2D eigenvalue weighted by atomic mass is 16.3. The molecule has 0 radical (unpaired) electrons. The Labute approximate surface area is 204 Å². The molecule has 1 saturated heterocycles. The molecule has 0 aromatic heterocycles. The van der Waals surface area contributed by atoms with E-state index in [1.807, 2.05) is 36.4 Å². The van der Waals surface area contributed by atoms with E-state index in [1.165, 1.54) is 18.4 Å². The summed E-state index contributed by atoms with van der Waals surface area (Å²) in [5, 5.41) is 20.4. The maximum Gasteiger partial charge on any atom is 0.123 e. The summed E-state index contributed by atoms with van der Waals surface area (Å²) in [6, 6.07) is 27.5. The first kappa shape index (κ1) is 24.3. The summed E-state index contributed by atoms with van der Waals surface area (Å²) in [4.78, 5) is 2.57. The Morgan fingerprint density at radius 3 is 2.12 bits per heavy atom. The van der Waals surface area contributed by atoms with E-state index in [0.717, 1.165) is 47.3 Å². The van der Waals surface area contributed by atoms with Crippen LogP contribution in [0.3, 0.4) is 0 Å². The average Bonchev–Trinajstić information content (AvgIpc) is 2.88. The summed E-state index contributed by atoms with van der Waals surface area (Å²) in [5.41, 5.74) is 6.65. The average molecular weight is 456 g/mol. The minimum absolute atomic E-state index is 0.137. The van der Waals surface area contributed by atoms with Crippen molar-refractivity contribution in [1.82, 2.24) is 4.90 Å². The minimum atomic E-state index is 0.137. The Bertz CT molecular complexity index is 1080. The van der Waals surface area contributed by atoms with Crippen LogP contribution in [0, 0.1) is 0 Å². The molecule has 1 aliphatic heterocycles. The molecule has 178 valence electrons. The lowest BCUT2D eigenvalue weighted by molar-refractivity contribution is 0.172. The number of nitrogens with zero attached hydrogens (tertiary/aromatic N) is 1. The quantitative estimate of drug-likeness (QED) is 0.371. The van der Waals surface area contributed by atoms with Gasteiger partial charge in [-0.1, -0.05) is 72.8 Å². The Morgan fingerprint density at radius 2 is 1.50 bits per heavy atom. The van der Waals surface area contributed by atoms with Gasteiger partial charge in [-0.3, -0.25) is 0 Å². The normalized spacial score (nSPS) is 16.0. The van der Waals surface area contributed by atoms with E-state index in [9.17, 15) is 10.2 Å². The maximum absolute atomic E-state index is 10.8. The first-order valence-electron chi connectivity index (χ1n) is 12.6. The van der Waals surface area contributed by atoms with Crippen molar-refractivity contribution in [1.29, 1.82) is 0 Å². The molecule has 2 N–H and O–H groups in total. The van der Waals surface area contributed by atoms with E-state index >= 15 is 0 Å². The van der Waals surface area contributed by atoms with Crippen LogP contribution in [0.15, 0.2) is 78.9 Å². The van der Waals surface area contributed by atoms with Gasteiger partial charge in [-0.15, -0.1) is 0 Å². The number of piperidine rings is 1. The smallest absolute Gasteiger partial charge is 0.123 e. The number of para-hydroxylation sites is 1. The van der Waals surface area contributed by atoms with E-state index in [-0.39, 0.29) is 12.4 Å². The van der Waals surface area contributed by atoms with E-state index < -0.39 is 0 Å². The van der Waals surface area contributed by atoms with Gasteiger partial charge in [0.05, 0.1) is 0 Å². The fraction of sp³-hybridized carbons (Fsp3) is 0.355. The predicted molar refractivity (Wildman–Crippen MR) is 142 cm³/mol. The molecule has 3 aromatic rings. The largest absolute Gasteiger partial charge is 0.507 e. The number of benzene rings is 3. The van der Waals surface area contributed by atoms with Crippen LogP contribution in [-0.2, 0) is 0 Å². The van der Waals surface area contributed by atoms with Crippen molar-refractivity contribution in [2.75, 3.05) is 19.7 Å². The Morgan fingerprint density at radius 1 is 0.853 bits per heavy atom. The molecule has 0 unspecified atom stereocenters. The van der Waals surface area contributed by atoms with Gasteiger partial charge in [-0.25, -0.2) is 0 Å². The van der Waals surface area contributed by atoms with Gasteiger partial charge in [0, 0.05) is 18.2 Å². The van der Waals surface area contributed by atoms with E-state index in [0.29, 0.717) is 18.4 Å². The summed E-state index contributed by atoms with van der Waals surface area (Å²) in [7, 11) is 0. The van der Waals surface area contributed by atoms with Gasteiger partial charge in [0.15, 0.2) is 0 Å². The lowest BCUT2D eigenvalue weighted by Gasteiger charge is -2.34. The molecular weight excluding hydrogens is 418 g/mol. The molecule has 4 rings (SSSR count). The molecule has 0 amide bonds. The predicted octanol–water partition coefficient (Wildman–Crippen LogP) is 6.71. The van der Waals surface area contributed by atoms with Gasteiger partial charge in [0.1, 0.15) is 5.75 Å². The number of aliphatic hydroxyl groups excluding tert-OH is 1. The molecule has 3 nitrogen and oxygen atoms in total. The minimum Gasteiger partial charge on any atom is -0.507 e. The van der Waals surface area contributed by atoms with E-state index in [4.69, 9.17) is 0 Å². The molecule has 0 bridgehead atoms. The molecule has 0 saturated carbocycles. The molecule has 1 heterocycles. The van der Waals surface area contributed by atoms with Gasteiger partial charge in [-0.05, 0) is 92.4 Å². The van der Waals surface area contributed by atoms with Crippen LogP contribution in [0.1, 0.15) is 67.7 Å².